The van der Waals surface area contributed by atoms with Crippen LogP contribution in [-0.2, 0) is 10.2 Å². The topological polar surface area (TPSA) is 40.6 Å². The summed E-state index contributed by atoms with van der Waals surface area (Å²) in [6.45, 7) is 3.35. The van der Waals surface area contributed by atoms with Gasteiger partial charge in [-0.05, 0) is 13.8 Å². The third-order valence-electron chi connectivity index (χ3n) is 1.95. The van der Waals surface area contributed by atoms with Gasteiger partial charge in [-0.2, -0.15) is 17.0 Å². The first-order valence-corrected chi connectivity index (χ1v) is 5.20. The predicted octanol–water partition coefficient (Wildman–Crippen LogP) is 0.136. The van der Waals surface area contributed by atoms with Gasteiger partial charge in [0.05, 0.1) is 5.54 Å². The molecule has 0 N–H and O–H groups in total. The first kappa shape index (κ1) is 12.4. The molecule has 0 unspecified atom stereocenters. The second-order valence-electron chi connectivity index (χ2n) is 3.46. The molecule has 0 atom stereocenters. The van der Waals surface area contributed by atoms with E-state index in [1.54, 1.807) is 13.8 Å². The van der Waals surface area contributed by atoms with Gasteiger partial charge in [-0.1, -0.05) is 5.92 Å². The normalized spacial score (nSPS) is 13.4. The highest BCUT2D eigenvalue weighted by Crippen LogP contribution is 2.16. The minimum atomic E-state index is -3.42. The fraction of sp³-hybridized carbons (Fsp3) is 0.750. The zero-order valence-corrected chi connectivity index (χ0v) is 9.51. The molecular formula is C8H16N2O2S. The van der Waals surface area contributed by atoms with Gasteiger partial charge in [-0.15, -0.1) is 6.42 Å². The highest BCUT2D eigenvalue weighted by Gasteiger charge is 2.32. The van der Waals surface area contributed by atoms with Crippen molar-refractivity contribution in [2.45, 2.75) is 19.4 Å². The van der Waals surface area contributed by atoms with Gasteiger partial charge in [0.1, 0.15) is 0 Å². The minimum Gasteiger partial charge on any atom is -0.195 e. The molecule has 0 saturated heterocycles. The minimum absolute atomic E-state index is 0.802. The molecule has 0 saturated carbocycles. The lowest BCUT2D eigenvalue weighted by atomic mass is 10.1. The van der Waals surface area contributed by atoms with Gasteiger partial charge in [0.15, 0.2) is 0 Å². The van der Waals surface area contributed by atoms with Crippen LogP contribution in [0.3, 0.4) is 0 Å². The number of nitrogens with zero attached hydrogens (tertiary/aromatic N) is 2. The van der Waals surface area contributed by atoms with Crippen molar-refractivity contribution in [2.24, 2.45) is 0 Å². The van der Waals surface area contributed by atoms with Crippen LogP contribution in [0, 0.1) is 12.3 Å². The van der Waals surface area contributed by atoms with Crippen molar-refractivity contribution >= 4 is 10.2 Å². The lowest BCUT2D eigenvalue weighted by Gasteiger charge is -2.31. The molecule has 13 heavy (non-hydrogen) atoms. The molecule has 0 aliphatic heterocycles. The Balaban J connectivity index is 5.05. The first-order valence-electron chi connectivity index (χ1n) is 3.80. The second kappa shape index (κ2) is 3.66. The number of hydrogen-bond acceptors (Lipinski definition) is 2. The quantitative estimate of drug-likeness (QED) is 0.613. The molecule has 0 aromatic carbocycles. The molecule has 0 amide bonds. The lowest BCUT2D eigenvalue weighted by Crippen LogP contribution is -2.48. The summed E-state index contributed by atoms with van der Waals surface area (Å²) < 4.78 is 25.5. The van der Waals surface area contributed by atoms with E-state index in [2.05, 4.69) is 5.92 Å². The predicted molar refractivity (Wildman–Crippen MR) is 53.3 cm³/mol. The molecule has 0 fully saturated rings. The van der Waals surface area contributed by atoms with Crippen molar-refractivity contribution in [3.05, 3.63) is 0 Å². The summed E-state index contributed by atoms with van der Waals surface area (Å²) in [5.74, 6) is 2.42. The zero-order valence-electron chi connectivity index (χ0n) is 8.70. The fourth-order valence-corrected chi connectivity index (χ4v) is 1.74. The van der Waals surface area contributed by atoms with Gasteiger partial charge in [-0.25, -0.2) is 0 Å². The van der Waals surface area contributed by atoms with E-state index >= 15 is 0 Å². The molecule has 0 bridgehead atoms. The summed E-state index contributed by atoms with van der Waals surface area (Å²) in [5, 5.41) is 0. The van der Waals surface area contributed by atoms with Crippen LogP contribution >= 0.6 is 0 Å². The molecule has 0 aliphatic rings. The molecule has 0 radical (unpaired) electrons. The zero-order chi connectivity index (χ0) is 10.9. The summed E-state index contributed by atoms with van der Waals surface area (Å²) in [7, 11) is 0.986. The SMILES string of the molecule is C#CC(C)(C)N(C)S(=O)(=O)N(C)C. The largest absolute Gasteiger partial charge is 0.282 e. The van der Waals surface area contributed by atoms with Gasteiger partial charge in [0, 0.05) is 21.1 Å². The third-order valence-corrected chi connectivity index (χ3v) is 4.02. The van der Waals surface area contributed by atoms with E-state index in [-0.39, 0.29) is 0 Å². The summed E-state index contributed by atoms with van der Waals surface area (Å²) in [6, 6.07) is 0. The average molecular weight is 204 g/mol. The Morgan fingerprint density at radius 1 is 1.23 bits per heavy atom. The van der Waals surface area contributed by atoms with Gasteiger partial charge < -0.3 is 0 Å². The summed E-state index contributed by atoms with van der Waals surface area (Å²) in [5.41, 5.74) is -0.802. The molecule has 0 aliphatic carbocycles. The maximum Gasteiger partial charge on any atom is 0.282 e. The van der Waals surface area contributed by atoms with Crippen LogP contribution in [0.25, 0.3) is 0 Å². The molecule has 5 heteroatoms. The molecule has 4 nitrogen and oxygen atoms in total. The summed E-state index contributed by atoms with van der Waals surface area (Å²) in [4.78, 5) is 0. The van der Waals surface area contributed by atoms with Gasteiger partial charge >= 0.3 is 0 Å². The molecule has 0 heterocycles. The Morgan fingerprint density at radius 2 is 1.62 bits per heavy atom. The molecule has 76 valence electrons. The van der Waals surface area contributed by atoms with Crippen molar-refractivity contribution < 1.29 is 8.42 Å². The van der Waals surface area contributed by atoms with Crippen molar-refractivity contribution in [3.8, 4) is 12.3 Å². The fourth-order valence-electron chi connectivity index (χ4n) is 0.624. The highest BCUT2D eigenvalue weighted by atomic mass is 32.2. The maximum atomic E-state index is 11.6. The Bertz CT molecular complexity index is 312. The van der Waals surface area contributed by atoms with Crippen LogP contribution in [0.2, 0.25) is 0 Å². The van der Waals surface area contributed by atoms with E-state index in [9.17, 15) is 8.42 Å². The number of terminal acetylenes is 1. The van der Waals surface area contributed by atoms with Crippen LogP contribution in [0.4, 0.5) is 0 Å². The monoisotopic (exact) mass is 204 g/mol. The molecule has 0 aromatic heterocycles. The van der Waals surface area contributed by atoms with E-state index in [1.165, 1.54) is 25.4 Å². The van der Waals surface area contributed by atoms with E-state index in [4.69, 9.17) is 6.42 Å². The van der Waals surface area contributed by atoms with E-state index in [0.29, 0.717) is 0 Å². The van der Waals surface area contributed by atoms with E-state index in [1.807, 2.05) is 0 Å². The van der Waals surface area contributed by atoms with E-state index in [0.717, 1.165) is 4.31 Å². The van der Waals surface area contributed by atoms with Gasteiger partial charge in [0.25, 0.3) is 10.2 Å². The van der Waals surface area contributed by atoms with Gasteiger partial charge in [0.2, 0.25) is 0 Å². The molecule has 0 aromatic rings. The van der Waals surface area contributed by atoms with Crippen molar-refractivity contribution in [3.63, 3.8) is 0 Å². The number of rotatable bonds is 3. The Labute approximate surface area is 80.7 Å². The smallest absolute Gasteiger partial charge is 0.195 e. The van der Waals surface area contributed by atoms with Crippen LogP contribution < -0.4 is 0 Å². The van der Waals surface area contributed by atoms with Crippen LogP contribution in [-0.4, -0.2) is 43.7 Å². The van der Waals surface area contributed by atoms with E-state index < -0.39 is 15.7 Å². The molecular weight excluding hydrogens is 188 g/mol. The highest BCUT2D eigenvalue weighted by molar-refractivity contribution is 7.86. The van der Waals surface area contributed by atoms with Crippen LogP contribution in [0.5, 0.6) is 0 Å². The number of hydrogen-bond donors (Lipinski definition) is 0. The Morgan fingerprint density at radius 3 is 1.85 bits per heavy atom. The van der Waals surface area contributed by atoms with Gasteiger partial charge in [-0.3, -0.25) is 0 Å². The molecule has 0 spiro atoms. The van der Waals surface area contributed by atoms with Crippen molar-refractivity contribution in [2.75, 3.05) is 21.1 Å². The van der Waals surface area contributed by atoms with Crippen molar-refractivity contribution in [1.29, 1.82) is 0 Å². The second-order valence-corrected chi connectivity index (χ2v) is 5.63. The Kier molecular flexibility index (Phi) is 3.50. The molecule has 0 rings (SSSR count). The first-order chi connectivity index (χ1) is 5.66. The van der Waals surface area contributed by atoms with Crippen LogP contribution in [0.1, 0.15) is 13.8 Å². The summed E-state index contributed by atoms with van der Waals surface area (Å²) >= 11 is 0. The average Bonchev–Trinajstić information content (AvgIpc) is 2.02. The maximum absolute atomic E-state index is 11.6. The lowest BCUT2D eigenvalue weighted by molar-refractivity contribution is 0.317. The Hall–Kier alpha value is -0.570. The third kappa shape index (κ3) is 2.44. The standard InChI is InChI=1S/C8H16N2O2S/c1-7-8(2,3)10(6)13(11,12)9(4)5/h1H,2-6H3. The van der Waals surface area contributed by atoms with Crippen molar-refractivity contribution in [1.82, 2.24) is 8.61 Å². The van der Waals surface area contributed by atoms with Crippen LogP contribution in [0.15, 0.2) is 0 Å². The summed E-state index contributed by atoms with van der Waals surface area (Å²) in [6.07, 6.45) is 5.23.